The van der Waals surface area contributed by atoms with Gasteiger partial charge >= 0.3 is 0 Å². The molecule has 72 valence electrons. The van der Waals surface area contributed by atoms with Crippen LogP contribution in [0.4, 0.5) is 0 Å². The summed E-state index contributed by atoms with van der Waals surface area (Å²) in [5.41, 5.74) is 3.28. The number of nitrogens with zero attached hydrogens (tertiary/aromatic N) is 1. The summed E-state index contributed by atoms with van der Waals surface area (Å²) in [6.07, 6.45) is 0. The molecule has 0 atom stereocenters. The minimum atomic E-state index is 0.745. The van der Waals surface area contributed by atoms with Gasteiger partial charge in [0.05, 0.1) is 6.07 Å². The summed E-state index contributed by atoms with van der Waals surface area (Å²) in [6.45, 7) is 5.99. The summed E-state index contributed by atoms with van der Waals surface area (Å²) in [6, 6.07) is 8.44. The Kier molecular flexibility index (Phi) is 3.79. The number of hydrogen-bond donors (Lipinski definition) is 0. The molecule has 1 nitrogen and oxygen atoms in total. The van der Waals surface area contributed by atoms with Crippen molar-refractivity contribution in [2.75, 3.05) is 0 Å². The number of hydrogen-bond acceptors (Lipinski definition) is 2. The summed E-state index contributed by atoms with van der Waals surface area (Å²) in [5, 5.41) is 10.5. The highest BCUT2D eigenvalue weighted by Crippen LogP contribution is 2.24. The monoisotopic (exact) mass is 203 g/mol. The lowest BCUT2D eigenvalue weighted by Gasteiger charge is -2.02. The second-order valence-electron chi connectivity index (χ2n) is 3.30. The van der Waals surface area contributed by atoms with E-state index in [1.54, 1.807) is 11.8 Å². The van der Waals surface area contributed by atoms with Gasteiger partial charge < -0.3 is 0 Å². The number of thioether (sulfide) groups is 1. The molecule has 0 radical (unpaired) electrons. The van der Waals surface area contributed by atoms with Gasteiger partial charge in [-0.15, -0.1) is 0 Å². The summed E-state index contributed by atoms with van der Waals surface area (Å²) in [7, 11) is 0. The van der Waals surface area contributed by atoms with Crippen molar-refractivity contribution in [2.45, 2.75) is 25.7 Å². The van der Waals surface area contributed by atoms with Crippen molar-refractivity contribution in [2.24, 2.45) is 0 Å². The van der Waals surface area contributed by atoms with Crippen LogP contribution in [-0.4, -0.2) is 0 Å². The van der Waals surface area contributed by atoms with Gasteiger partial charge in [0.2, 0.25) is 0 Å². The highest BCUT2D eigenvalue weighted by atomic mass is 32.2. The van der Waals surface area contributed by atoms with Gasteiger partial charge in [0, 0.05) is 10.5 Å². The normalized spacial score (nSPS) is 11.1. The van der Waals surface area contributed by atoms with E-state index in [0.717, 1.165) is 5.57 Å². The number of allylic oxidation sites excluding steroid dienone is 1. The average molecular weight is 203 g/mol. The summed E-state index contributed by atoms with van der Waals surface area (Å²) >= 11 is 1.60. The molecule has 0 spiro atoms. The van der Waals surface area contributed by atoms with Crippen LogP contribution >= 0.6 is 11.8 Å². The maximum Gasteiger partial charge on any atom is 0.0949 e. The Morgan fingerprint density at radius 2 is 2.14 bits per heavy atom. The molecule has 1 aromatic carbocycles. The highest BCUT2D eigenvalue weighted by Gasteiger charge is 1.97. The molecule has 0 aliphatic carbocycles. The molecule has 0 unspecified atom stereocenters. The Bertz CT molecular complexity index is 399. The predicted octanol–water partition coefficient (Wildman–Crippen LogP) is 3.82. The third-order valence-corrected chi connectivity index (χ3v) is 3.05. The fourth-order valence-electron chi connectivity index (χ4n) is 1.11. The second-order valence-corrected chi connectivity index (χ2v) is 4.21. The standard InChI is InChI=1S/C12H13NS/c1-9-4-5-12(11(3)6-9)14-8-10(2)7-13/h4-6,8H,1-3H3. The molecule has 2 heteroatoms. The molecule has 0 N–H and O–H groups in total. The molecule has 0 heterocycles. The molecule has 0 bridgehead atoms. The first-order chi connectivity index (χ1) is 6.63. The maximum absolute atomic E-state index is 8.59. The minimum Gasteiger partial charge on any atom is -0.193 e. The summed E-state index contributed by atoms with van der Waals surface area (Å²) in [5.74, 6) is 0. The van der Waals surface area contributed by atoms with Crippen LogP contribution in [0.25, 0.3) is 0 Å². The van der Waals surface area contributed by atoms with E-state index in [9.17, 15) is 0 Å². The summed E-state index contributed by atoms with van der Waals surface area (Å²) in [4.78, 5) is 1.21. The fraction of sp³-hybridized carbons (Fsp3) is 0.250. The van der Waals surface area contributed by atoms with Crippen LogP contribution in [0.1, 0.15) is 18.1 Å². The van der Waals surface area contributed by atoms with Crippen molar-refractivity contribution in [3.8, 4) is 6.07 Å². The molecule has 0 saturated carbocycles. The van der Waals surface area contributed by atoms with E-state index in [-0.39, 0.29) is 0 Å². The third-order valence-electron chi connectivity index (χ3n) is 1.87. The van der Waals surface area contributed by atoms with Crippen molar-refractivity contribution < 1.29 is 0 Å². The molecule has 0 aliphatic rings. The van der Waals surface area contributed by atoms with E-state index < -0.39 is 0 Å². The second kappa shape index (κ2) is 4.88. The minimum absolute atomic E-state index is 0.745. The van der Waals surface area contributed by atoms with E-state index >= 15 is 0 Å². The maximum atomic E-state index is 8.59. The molecule has 0 fully saturated rings. The summed E-state index contributed by atoms with van der Waals surface area (Å²) < 4.78 is 0. The van der Waals surface area contributed by atoms with Gasteiger partial charge in [-0.2, -0.15) is 5.26 Å². The first kappa shape index (κ1) is 10.9. The van der Waals surface area contributed by atoms with Crippen LogP contribution in [0.5, 0.6) is 0 Å². The molecule has 1 aromatic rings. The Morgan fingerprint density at radius 1 is 1.43 bits per heavy atom. The van der Waals surface area contributed by atoms with Gasteiger partial charge in [-0.3, -0.25) is 0 Å². The van der Waals surface area contributed by atoms with Crippen LogP contribution in [0, 0.1) is 25.2 Å². The average Bonchev–Trinajstić information content (AvgIpc) is 2.16. The lowest BCUT2D eigenvalue weighted by atomic mass is 10.2. The zero-order valence-corrected chi connectivity index (χ0v) is 9.48. The van der Waals surface area contributed by atoms with Gasteiger partial charge in [0.15, 0.2) is 0 Å². The fourth-order valence-corrected chi connectivity index (χ4v) is 1.86. The lowest BCUT2D eigenvalue weighted by Crippen LogP contribution is -1.79. The van der Waals surface area contributed by atoms with Crippen molar-refractivity contribution in [3.63, 3.8) is 0 Å². The topological polar surface area (TPSA) is 23.8 Å². The molecular weight excluding hydrogens is 190 g/mol. The first-order valence-electron chi connectivity index (χ1n) is 4.44. The van der Waals surface area contributed by atoms with E-state index in [4.69, 9.17) is 5.26 Å². The smallest absolute Gasteiger partial charge is 0.0949 e. The third kappa shape index (κ3) is 2.93. The zero-order chi connectivity index (χ0) is 10.6. The van der Waals surface area contributed by atoms with E-state index in [2.05, 4.69) is 38.1 Å². The van der Waals surface area contributed by atoms with E-state index in [1.807, 2.05) is 12.3 Å². The van der Waals surface area contributed by atoms with Crippen LogP contribution in [0.2, 0.25) is 0 Å². The van der Waals surface area contributed by atoms with Gasteiger partial charge in [-0.05, 0) is 37.8 Å². The van der Waals surface area contributed by atoms with Gasteiger partial charge in [-0.1, -0.05) is 29.5 Å². The molecule has 1 rings (SSSR count). The number of benzene rings is 1. The zero-order valence-electron chi connectivity index (χ0n) is 8.66. The van der Waals surface area contributed by atoms with E-state index in [0.29, 0.717) is 0 Å². The Balaban J connectivity index is 2.84. The molecule has 0 saturated heterocycles. The molecule has 0 amide bonds. The predicted molar refractivity (Wildman–Crippen MR) is 61.1 cm³/mol. The largest absolute Gasteiger partial charge is 0.193 e. The number of rotatable bonds is 2. The van der Waals surface area contributed by atoms with Gasteiger partial charge in [-0.25, -0.2) is 0 Å². The Hall–Kier alpha value is -1.20. The Morgan fingerprint density at radius 3 is 2.71 bits per heavy atom. The van der Waals surface area contributed by atoms with Crippen molar-refractivity contribution in [1.82, 2.24) is 0 Å². The Labute approximate surface area is 89.4 Å². The SMILES string of the molecule is CC(C#N)=CSc1ccc(C)cc1C. The molecule has 0 aromatic heterocycles. The van der Waals surface area contributed by atoms with Gasteiger partial charge in [0.25, 0.3) is 0 Å². The van der Waals surface area contributed by atoms with Crippen LogP contribution in [0.3, 0.4) is 0 Å². The first-order valence-corrected chi connectivity index (χ1v) is 5.32. The van der Waals surface area contributed by atoms with Crippen LogP contribution in [-0.2, 0) is 0 Å². The highest BCUT2D eigenvalue weighted by molar-refractivity contribution is 8.02. The molecular formula is C12H13NS. The molecule has 0 aliphatic heterocycles. The van der Waals surface area contributed by atoms with Crippen molar-refractivity contribution in [1.29, 1.82) is 5.26 Å². The van der Waals surface area contributed by atoms with Gasteiger partial charge in [0.1, 0.15) is 0 Å². The lowest BCUT2D eigenvalue weighted by molar-refractivity contribution is 1.27. The number of nitriles is 1. The quantitative estimate of drug-likeness (QED) is 0.539. The van der Waals surface area contributed by atoms with Crippen molar-refractivity contribution >= 4 is 11.8 Å². The van der Waals surface area contributed by atoms with Crippen LogP contribution in [0.15, 0.2) is 34.1 Å². The number of aryl methyl sites for hydroxylation is 2. The molecule has 14 heavy (non-hydrogen) atoms. The van der Waals surface area contributed by atoms with E-state index in [1.165, 1.54) is 16.0 Å². The van der Waals surface area contributed by atoms with Crippen LogP contribution < -0.4 is 0 Å². The van der Waals surface area contributed by atoms with Crippen molar-refractivity contribution in [3.05, 3.63) is 40.3 Å².